The van der Waals surface area contributed by atoms with Crippen LogP contribution in [-0.2, 0) is 20.1 Å². The zero-order valence-electron chi connectivity index (χ0n) is 16.5. The largest absolute Gasteiger partial charge is 0.298 e. The molecule has 26 heavy (non-hydrogen) atoms. The fourth-order valence-electron chi connectivity index (χ4n) is 4.95. The van der Waals surface area contributed by atoms with Crippen molar-refractivity contribution >= 4 is 0 Å². The van der Waals surface area contributed by atoms with E-state index in [0.29, 0.717) is 5.41 Å². The fraction of sp³-hybridized carbons (Fsp3) is 0.591. The Balaban J connectivity index is 1.38. The van der Waals surface area contributed by atoms with E-state index in [1.165, 1.54) is 67.8 Å². The molecule has 0 saturated carbocycles. The minimum absolute atomic E-state index is 0.498. The van der Waals surface area contributed by atoms with Gasteiger partial charge in [0.05, 0.1) is 6.20 Å². The molecule has 0 amide bonds. The van der Waals surface area contributed by atoms with Crippen LogP contribution in [0.15, 0.2) is 30.5 Å². The SMILES string of the molecule is Cc1cccc(CN2CCCC3(CCN(Cc4cnn(C)c4C)C3)C2)c1. The number of aromatic nitrogens is 2. The summed E-state index contributed by atoms with van der Waals surface area (Å²) in [4.78, 5) is 5.34. The third-order valence-electron chi connectivity index (χ3n) is 6.48. The fourth-order valence-corrected chi connectivity index (χ4v) is 4.95. The third kappa shape index (κ3) is 3.72. The van der Waals surface area contributed by atoms with E-state index in [4.69, 9.17) is 0 Å². The van der Waals surface area contributed by atoms with Crippen molar-refractivity contribution in [3.63, 3.8) is 0 Å². The predicted octanol–water partition coefficient (Wildman–Crippen LogP) is 3.53. The maximum Gasteiger partial charge on any atom is 0.0537 e. The molecule has 1 atom stereocenters. The standard InChI is InChI=1S/C22H32N4/c1-18-6-4-7-20(12-18)14-25-10-5-8-22(16-25)9-11-26(17-22)15-21-13-23-24(3)19(21)2/h4,6-7,12-13H,5,8-11,14-17H2,1-3H3. The highest BCUT2D eigenvalue weighted by molar-refractivity contribution is 5.22. The Morgan fingerprint density at radius 3 is 2.58 bits per heavy atom. The van der Waals surface area contributed by atoms with Gasteiger partial charge in [0.25, 0.3) is 0 Å². The Kier molecular flexibility index (Phi) is 4.89. The van der Waals surface area contributed by atoms with E-state index in [9.17, 15) is 0 Å². The lowest BCUT2D eigenvalue weighted by Crippen LogP contribution is -2.44. The quantitative estimate of drug-likeness (QED) is 0.841. The third-order valence-corrected chi connectivity index (χ3v) is 6.48. The molecule has 1 spiro atoms. The summed E-state index contributed by atoms with van der Waals surface area (Å²) in [6.07, 6.45) is 6.12. The summed E-state index contributed by atoms with van der Waals surface area (Å²) in [7, 11) is 2.04. The van der Waals surface area contributed by atoms with Crippen LogP contribution in [0.2, 0.25) is 0 Å². The molecule has 2 aliphatic heterocycles. The summed E-state index contributed by atoms with van der Waals surface area (Å²) in [5, 5.41) is 4.41. The number of nitrogens with zero attached hydrogens (tertiary/aromatic N) is 4. The zero-order valence-corrected chi connectivity index (χ0v) is 16.5. The number of rotatable bonds is 4. The molecule has 4 nitrogen and oxygen atoms in total. The molecule has 2 fully saturated rings. The number of hydrogen-bond donors (Lipinski definition) is 0. The van der Waals surface area contributed by atoms with E-state index in [-0.39, 0.29) is 0 Å². The first-order valence-corrected chi connectivity index (χ1v) is 10.0. The van der Waals surface area contributed by atoms with Gasteiger partial charge in [0.2, 0.25) is 0 Å². The van der Waals surface area contributed by atoms with Crippen molar-refractivity contribution in [1.82, 2.24) is 19.6 Å². The van der Waals surface area contributed by atoms with Crippen molar-refractivity contribution < 1.29 is 0 Å². The first-order chi connectivity index (χ1) is 12.5. The van der Waals surface area contributed by atoms with Crippen molar-refractivity contribution in [1.29, 1.82) is 0 Å². The summed E-state index contributed by atoms with van der Waals surface area (Å²) in [5.41, 5.74) is 6.02. The van der Waals surface area contributed by atoms with E-state index in [0.717, 1.165) is 13.1 Å². The molecule has 0 aliphatic carbocycles. The summed E-state index contributed by atoms with van der Waals surface area (Å²) in [6.45, 7) is 11.5. The van der Waals surface area contributed by atoms with Gasteiger partial charge in [-0.3, -0.25) is 14.5 Å². The van der Waals surface area contributed by atoms with Crippen LogP contribution in [0.3, 0.4) is 0 Å². The zero-order chi connectivity index (χ0) is 18.1. The van der Waals surface area contributed by atoms with E-state index >= 15 is 0 Å². The lowest BCUT2D eigenvalue weighted by Gasteiger charge is -2.40. The molecular formula is C22H32N4. The normalized spacial score (nSPS) is 24.6. The van der Waals surface area contributed by atoms with Gasteiger partial charge in [0.1, 0.15) is 0 Å². The Bertz CT molecular complexity index is 765. The van der Waals surface area contributed by atoms with Crippen LogP contribution in [0, 0.1) is 19.3 Å². The molecule has 0 radical (unpaired) electrons. The van der Waals surface area contributed by atoms with Crippen molar-refractivity contribution in [3.8, 4) is 0 Å². The van der Waals surface area contributed by atoms with Crippen molar-refractivity contribution in [2.24, 2.45) is 12.5 Å². The number of likely N-dealkylation sites (tertiary alicyclic amines) is 2. The highest BCUT2D eigenvalue weighted by Crippen LogP contribution is 2.40. The van der Waals surface area contributed by atoms with Gasteiger partial charge < -0.3 is 0 Å². The molecule has 2 aliphatic rings. The highest BCUT2D eigenvalue weighted by atomic mass is 15.3. The van der Waals surface area contributed by atoms with Crippen molar-refractivity contribution in [2.75, 3.05) is 26.2 Å². The lowest BCUT2D eigenvalue weighted by molar-refractivity contribution is 0.0866. The molecular weight excluding hydrogens is 320 g/mol. The number of hydrogen-bond acceptors (Lipinski definition) is 3. The second-order valence-corrected chi connectivity index (χ2v) is 8.64. The first-order valence-electron chi connectivity index (χ1n) is 10.0. The summed E-state index contributed by atoms with van der Waals surface area (Å²) in [5.74, 6) is 0. The molecule has 0 N–H and O–H groups in total. The monoisotopic (exact) mass is 352 g/mol. The van der Waals surface area contributed by atoms with Crippen LogP contribution in [-0.4, -0.2) is 45.8 Å². The van der Waals surface area contributed by atoms with Gasteiger partial charge in [0.15, 0.2) is 0 Å². The van der Waals surface area contributed by atoms with Crippen LogP contribution >= 0.6 is 0 Å². The molecule has 2 aromatic rings. The molecule has 1 unspecified atom stereocenters. The maximum atomic E-state index is 4.41. The molecule has 1 aromatic heterocycles. The predicted molar refractivity (Wildman–Crippen MR) is 106 cm³/mol. The second kappa shape index (κ2) is 7.16. The minimum Gasteiger partial charge on any atom is -0.298 e. The van der Waals surface area contributed by atoms with E-state index in [1.807, 2.05) is 17.9 Å². The second-order valence-electron chi connectivity index (χ2n) is 8.64. The number of benzene rings is 1. The molecule has 4 heteroatoms. The minimum atomic E-state index is 0.498. The Morgan fingerprint density at radius 2 is 1.85 bits per heavy atom. The van der Waals surface area contributed by atoms with Crippen LogP contribution < -0.4 is 0 Å². The van der Waals surface area contributed by atoms with Gasteiger partial charge in [0, 0.05) is 44.5 Å². The van der Waals surface area contributed by atoms with Gasteiger partial charge in [-0.05, 0) is 57.2 Å². The van der Waals surface area contributed by atoms with E-state index < -0.39 is 0 Å². The van der Waals surface area contributed by atoms with Gasteiger partial charge in [-0.1, -0.05) is 29.8 Å². The highest BCUT2D eigenvalue weighted by Gasteiger charge is 2.41. The van der Waals surface area contributed by atoms with Crippen LogP contribution in [0.5, 0.6) is 0 Å². The van der Waals surface area contributed by atoms with Crippen molar-refractivity contribution in [3.05, 3.63) is 52.8 Å². The summed E-state index contributed by atoms with van der Waals surface area (Å²) in [6, 6.07) is 9.00. The van der Waals surface area contributed by atoms with Gasteiger partial charge in [-0.25, -0.2) is 0 Å². The molecule has 4 rings (SSSR count). The maximum absolute atomic E-state index is 4.41. The van der Waals surface area contributed by atoms with E-state index in [1.54, 1.807) is 0 Å². The Hall–Kier alpha value is -1.65. The summed E-state index contributed by atoms with van der Waals surface area (Å²) < 4.78 is 1.99. The summed E-state index contributed by atoms with van der Waals surface area (Å²) >= 11 is 0. The van der Waals surface area contributed by atoms with Gasteiger partial charge in [-0.15, -0.1) is 0 Å². The molecule has 140 valence electrons. The molecule has 0 bridgehead atoms. The van der Waals surface area contributed by atoms with E-state index in [2.05, 4.69) is 53.0 Å². The van der Waals surface area contributed by atoms with Crippen LogP contribution in [0.25, 0.3) is 0 Å². The lowest BCUT2D eigenvalue weighted by atomic mass is 9.79. The van der Waals surface area contributed by atoms with Crippen molar-refractivity contribution in [2.45, 2.75) is 46.2 Å². The Morgan fingerprint density at radius 1 is 1.04 bits per heavy atom. The number of aryl methyl sites for hydroxylation is 2. The number of piperidine rings is 1. The smallest absolute Gasteiger partial charge is 0.0537 e. The molecule has 2 saturated heterocycles. The van der Waals surface area contributed by atoms with Gasteiger partial charge in [-0.2, -0.15) is 5.10 Å². The van der Waals surface area contributed by atoms with Crippen LogP contribution in [0.1, 0.15) is 41.6 Å². The van der Waals surface area contributed by atoms with Crippen LogP contribution in [0.4, 0.5) is 0 Å². The van der Waals surface area contributed by atoms with Gasteiger partial charge >= 0.3 is 0 Å². The molecule has 3 heterocycles. The molecule has 1 aromatic carbocycles. The first kappa shape index (κ1) is 17.7. The Labute approximate surface area is 157 Å². The average molecular weight is 353 g/mol. The average Bonchev–Trinajstić information content (AvgIpc) is 3.13. The topological polar surface area (TPSA) is 24.3 Å².